The number of aromatic nitrogens is 1. The topological polar surface area (TPSA) is 58.0 Å². The van der Waals surface area contributed by atoms with E-state index >= 15 is 0 Å². The van der Waals surface area contributed by atoms with Gasteiger partial charge in [0, 0.05) is 18.0 Å². The van der Waals surface area contributed by atoms with Gasteiger partial charge in [-0.3, -0.25) is 4.79 Å². The monoisotopic (exact) mass is 224 g/mol. The average molecular weight is 224 g/mol. The predicted molar refractivity (Wildman–Crippen MR) is 62.5 cm³/mol. The van der Waals surface area contributed by atoms with Crippen LogP contribution in [0.3, 0.4) is 0 Å². The van der Waals surface area contributed by atoms with E-state index in [1.54, 1.807) is 6.07 Å². The summed E-state index contributed by atoms with van der Waals surface area (Å²) in [5.41, 5.74) is -0.131. The van der Waals surface area contributed by atoms with Gasteiger partial charge in [-0.15, -0.1) is 0 Å². The lowest BCUT2D eigenvalue weighted by Crippen LogP contribution is -2.38. The highest BCUT2D eigenvalue weighted by Gasteiger charge is 2.25. The Morgan fingerprint density at radius 3 is 3.00 bits per heavy atom. The van der Waals surface area contributed by atoms with Gasteiger partial charge in [0.05, 0.1) is 0 Å². The van der Waals surface area contributed by atoms with Crippen LogP contribution in [0.1, 0.15) is 44.8 Å². The Kier molecular flexibility index (Phi) is 3.49. The molecule has 0 saturated carbocycles. The first kappa shape index (κ1) is 11.5. The quantitative estimate of drug-likeness (QED) is 0.823. The number of piperidine rings is 1. The molecular weight excluding hydrogens is 204 g/mol. The van der Waals surface area contributed by atoms with Gasteiger partial charge in [0.25, 0.3) is 5.56 Å². The van der Waals surface area contributed by atoms with Gasteiger partial charge in [0.1, 0.15) is 5.76 Å². The minimum absolute atomic E-state index is 0.131. The van der Waals surface area contributed by atoms with Crippen molar-refractivity contribution >= 4 is 0 Å². The van der Waals surface area contributed by atoms with E-state index in [1.165, 1.54) is 6.42 Å². The molecule has 1 aliphatic heterocycles. The summed E-state index contributed by atoms with van der Waals surface area (Å²) in [5, 5.41) is 5.90. The summed E-state index contributed by atoms with van der Waals surface area (Å²) in [6.07, 6.45) is 3.31. The summed E-state index contributed by atoms with van der Waals surface area (Å²) in [4.78, 5) is 11.0. The molecule has 0 spiro atoms. The molecule has 1 saturated heterocycles. The van der Waals surface area contributed by atoms with Gasteiger partial charge < -0.3 is 9.84 Å². The summed E-state index contributed by atoms with van der Waals surface area (Å²) < 4.78 is 5.19. The van der Waals surface area contributed by atoms with E-state index in [0.717, 1.165) is 25.1 Å². The number of hydrogen-bond acceptors (Lipinski definition) is 3. The van der Waals surface area contributed by atoms with Crippen molar-refractivity contribution in [2.24, 2.45) is 5.92 Å². The molecule has 1 fully saturated rings. The van der Waals surface area contributed by atoms with Gasteiger partial charge in [-0.2, -0.15) is 5.16 Å². The van der Waals surface area contributed by atoms with E-state index in [0.29, 0.717) is 17.9 Å². The highest BCUT2D eigenvalue weighted by molar-refractivity contribution is 5.04. The SMILES string of the molecule is CC(C)C[C@H]1C[C@@H](c2cc(=O)[nH]o2)CCN1. The zero-order valence-corrected chi connectivity index (χ0v) is 9.95. The highest BCUT2D eigenvalue weighted by Crippen LogP contribution is 2.28. The molecule has 1 aromatic heterocycles. The molecular formula is C12H20N2O2. The Balaban J connectivity index is 1.99. The van der Waals surface area contributed by atoms with E-state index in [-0.39, 0.29) is 5.56 Å². The lowest BCUT2D eigenvalue weighted by Gasteiger charge is -2.30. The predicted octanol–water partition coefficient (Wildman–Crippen LogP) is 1.85. The lowest BCUT2D eigenvalue weighted by molar-refractivity contribution is 0.274. The zero-order chi connectivity index (χ0) is 11.5. The van der Waals surface area contributed by atoms with Gasteiger partial charge in [0.2, 0.25) is 0 Å². The van der Waals surface area contributed by atoms with Crippen molar-refractivity contribution in [3.63, 3.8) is 0 Å². The highest BCUT2D eigenvalue weighted by atomic mass is 16.5. The van der Waals surface area contributed by atoms with Crippen molar-refractivity contribution in [3.8, 4) is 0 Å². The average Bonchev–Trinajstić information content (AvgIpc) is 2.64. The minimum atomic E-state index is -0.131. The smallest absolute Gasteiger partial charge is 0.280 e. The lowest BCUT2D eigenvalue weighted by atomic mass is 9.87. The maximum absolute atomic E-state index is 11.0. The third-order valence-corrected chi connectivity index (χ3v) is 3.20. The molecule has 2 N–H and O–H groups in total. The third kappa shape index (κ3) is 2.76. The van der Waals surface area contributed by atoms with Gasteiger partial charge in [-0.25, -0.2) is 0 Å². The molecule has 0 amide bonds. The molecule has 4 heteroatoms. The van der Waals surface area contributed by atoms with Crippen LogP contribution in [0.2, 0.25) is 0 Å². The second kappa shape index (κ2) is 4.87. The van der Waals surface area contributed by atoms with E-state index < -0.39 is 0 Å². The van der Waals surface area contributed by atoms with Crippen molar-refractivity contribution in [3.05, 3.63) is 22.2 Å². The summed E-state index contributed by atoms with van der Waals surface area (Å²) in [7, 11) is 0. The van der Waals surface area contributed by atoms with Gasteiger partial charge in [0.15, 0.2) is 0 Å². The van der Waals surface area contributed by atoms with Crippen molar-refractivity contribution in [1.29, 1.82) is 0 Å². The number of hydrogen-bond donors (Lipinski definition) is 2. The molecule has 0 unspecified atom stereocenters. The Morgan fingerprint density at radius 2 is 2.38 bits per heavy atom. The third-order valence-electron chi connectivity index (χ3n) is 3.20. The molecule has 0 radical (unpaired) electrons. The Labute approximate surface area is 95.4 Å². The molecule has 0 aromatic carbocycles. The molecule has 2 atom stereocenters. The van der Waals surface area contributed by atoms with Crippen LogP contribution in [0.15, 0.2) is 15.4 Å². The van der Waals surface area contributed by atoms with E-state index in [2.05, 4.69) is 24.3 Å². The summed E-state index contributed by atoms with van der Waals surface area (Å²) in [5.74, 6) is 1.92. The molecule has 0 bridgehead atoms. The van der Waals surface area contributed by atoms with Crippen molar-refractivity contribution in [2.75, 3.05) is 6.54 Å². The Bertz CT molecular complexity index is 380. The second-order valence-corrected chi connectivity index (χ2v) is 5.12. The molecule has 1 aliphatic rings. The van der Waals surface area contributed by atoms with Gasteiger partial charge in [-0.05, 0) is 31.7 Å². The first-order chi connectivity index (χ1) is 7.65. The Morgan fingerprint density at radius 1 is 1.56 bits per heavy atom. The molecule has 0 aliphatic carbocycles. The second-order valence-electron chi connectivity index (χ2n) is 5.12. The first-order valence-corrected chi connectivity index (χ1v) is 6.07. The van der Waals surface area contributed by atoms with Crippen molar-refractivity contribution < 1.29 is 4.52 Å². The van der Waals surface area contributed by atoms with Crippen LogP contribution >= 0.6 is 0 Å². The number of aromatic amines is 1. The summed E-state index contributed by atoms with van der Waals surface area (Å²) >= 11 is 0. The van der Waals surface area contributed by atoms with Gasteiger partial charge >= 0.3 is 0 Å². The van der Waals surface area contributed by atoms with Crippen LogP contribution in [-0.2, 0) is 0 Å². The fourth-order valence-corrected chi connectivity index (χ4v) is 2.51. The van der Waals surface area contributed by atoms with Crippen LogP contribution < -0.4 is 10.9 Å². The number of nitrogens with one attached hydrogen (secondary N) is 2. The van der Waals surface area contributed by atoms with Crippen LogP contribution in [0.25, 0.3) is 0 Å². The van der Waals surface area contributed by atoms with Gasteiger partial charge in [-0.1, -0.05) is 13.8 Å². The molecule has 1 aromatic rings. The largest absolute Gasteiger partial charge is 0.383 e. The Hall–Kier alpha value is -1.03. The fourth-order valence-electron chi connectivity index (χ4n) is 2.51. The molecule has 90 valence electrons. The number of H-pyrrole nitrogens is 1. The maximum atomic E-state index is 11.0. The van der Waals surface area contributed by atoms with Crippen LogP contribution in [0, 0.1) is 5.92 Å². The molecule has 2 rings (SSSR count). The van der Waals surface area contributed by atoms with Crippen LogP contribution in [-0.4, -0.2) is 17.7 Å². The number of rotatable bonds is 3. The van der Waals surface area contributed by atoms with Crippen LogP contribution in [0.4, 0.5) is 0 Å². The minimum Gasteiger partial charge on any atom is -0.383 e. The van der Waals surface area contributed by atoms with E-state index in [1.807, 2.05) is 0 Å². The van der Waals surface area contributed by atoms with Crippen LogP contribution in [0.5, 0.6) is 0 Å². The normalized spacial score (nSPS) is 26.2. The van der Waals surface area contributed by atoms with E-state index in [9.17, 15) is 4.79 Å². The van der Waals surface area contributed by atoms with Crippen molar-refractivity contribution in [2.45, 2.75) is 45.1 Å². The maximum Gasteiger partial charge on any atom is 0.280 e. The van der Waals surface area contributed by atoms with E-state index in [4.69, 9.17) is 4.52 Å². The summed E-state index contributed by atoms with van der Waals surface area (Å²) in [6, 6.07) is 2.14. The molecule has 16 heavy (non-hydrogen) atoms. The van der Waals surface area contributed by atoms with Crippen molar-refractivity contribution in [1.82, 2.24) is 10.5 Å². The first-order valence-electron chi connectivity index (χ1n) is 6.07. The molecule has 4 nitrogen and oxygen atoms in total. The summed E-state index contributed by atoms with van der Waals surface area (Å²) in [6.45, 7) is 5.49. The zero-order valence-electron chi connectivity index (χ0n) is 9.95. The fraction of sp³-hybridized carbons (Fsp3) is 0.750. The molecule has 2 heterocycles. The standard InChI is InChI=1S/C12H20N2O2/c1-8(2)5-10-6-9(3-4-13-10)11-7-12(15)14-16-11/h7-10,13H,3-6H2,1-2H3,(H,14,15)/t9-,10-/m0/s1.